The quantitative estimate of drug-likeness (QED) is 0.404. The number of aromatic nitrogens is 1. The van der Waals surface area contributed by atoms with Crippen LogP contribution in [0.3, 0.4) is 0 Å². The summed E-state index contributed by atoms with van der Waals surface area (Å²) < 4.78 is 0. The summed E-state index contributed by atoms with van der Waals surface area (Å²) in [6.07, 6.45) is 2.42. The van der Waals surface area contributed by atoms with Crippen molar-refractivity contribution in [1.29, 1.82) is 0 Å². The number of para-hydroxylation sites is 1. The molecule has 1 aliphatic carbocycles. The molecule has 0 aliphatic heterocycles. The number of nitrogens with one attached hydrogen (secondary N) is 2. The molecule has 146 valence electrons. The minimum absolute atomic E-state index is 0.111. The van der Waals surface area contributed by atoms with Gasteiger partial charge in [0.25, 0.3) is 0 Å². The summed E-state index contributed by atoms with van der Waals surface area (Å²) in [4.78, 5) is 16.6. The molecule has 1 aliphatic rings. The number of rotatable bonds is 4. The fraction of sp³-hybridized carbons (Fsp3) is 0.174. The van der Waals surface area contributed by atoms with E-state index >= 15 is 0 Å². The van der Waals surface area contributed by atoms with E-state index < -0.39 is 0 Å². The van der Waals surface area contributed by atoms with Gasteiger partial charge in [0.2, 0.25) is 0 Å². The van der Waals surface area contributed by atoms with Crippen LogP contribution in [0.5, 0.6) is 0 Å². The number of aliphatic hydroxyl groups excluding tert-OH is 1. The lowest BCUT2D eigenvalue weighted by molar-refractivity contribution is 0.282. The maximum Gasteiger partial charge on any atom is 0.129 e. The van der Waals surface area contributed by atoms with E-state index in [9.17, 15) is 9.90 Å². The van der Waals surface area contributed by atoms with E-state index in [-0.39, 0.29) is 6.61 Å². The van der Waals surface area contributed by atoms with Crippen molar-refractivity contribution < 1.29 is 9.90 Å². The summed E-state index contributed by atoms with van der Waals surface area (Å²) in [5, 5.41) is 17.1. The third-order valence-electron chi connectivity index (χ3n) is 5.14. The molecule has 6 heteroatoms. The Kier molecular flexibility index (Phi) is 4.80. The van der Waals surface area contributed by atoms with Gasteiger partial charge < -0.3 is 21.5 Å². The van der Waals surface area contributed by atoms with Gasteiger partial charge in [0, 0.05) is 35.8 Å². The number of pyridine rings is 1. The highest BCUT2D eigenvalue weighted by Crippen LogP contribution is 2.41. The third-order valence-corrected chi connectivity index (χ3v) is 5.14. The molecule has 0 saturated heterocycles. The summed E-state index contributed by atoms with van der Waals surface area (Å²) in [6.45, 7) is 1.90. The molecular weight excluding hydrogens is 364 g/mol. The Balaban J connectivity index is 2.04. The van der Waals surface area contributed by atoms with Crippen molar-refractivity contribution >= 4 is 45.2 Å². The van der Waals surface area contributed by atoms with E-state index in [1.54, 1.807) is 12.1 Å². The van der Waals surface area contributed by atoms with Gasteiger partial charge in [0.05, 0.1) is 34.8 Å². The van der Waals surface area contributed by atoms with Gasteiger partial charge in [-0.2, -0.15) is 0 Å². The highest BCUT2D eigenvalue weighted by Gasteiger charge is 2.25. The van der Waals surface area contributed by atoms with Crippen molar-refractivity contribution in [2.45, 2.75) is 20.0 Å². The van der Waals surface area contributed by atoms with Crippen molar-refractivity contribution in [3.8, 4) is 0 Å². The first-order chi connectivity index (χ1) is 14.0. The average Bonchev–Trinajstić information content (AvgIpc) is 2.73. The minimum Gasteiger partial charge on any atom is -0.399 e. The fourth-order valence-electron chi connectivity index (χ4n) is 3.79. The molecule has 0 saturated carbocycles. The van der Waals surface area contributed by atoms with E-state index in [0.29, 0.717) is 28.9 Å². The molecule has 0 spiro atoms. The second kappa shape index (κ2) is 7.43. The molecule has 0 radical (unpaired) electrons. The predicted octanol–water partition coefficient (Wildman–Crippen LogP) is 3.54. The molecular formula is C23H22N4O2. The maximum atomic E-state index is 11.8. The Bertz CT molecular complexity index is 1210. The van der Waals surface area contributed by atoms with Gasteiger partial charge in [-0.25, -0.2) is 9.78 Å². The first-order valence-corrected chi connectivity index (χ1v) is 9.39. The minimum atomic E-state index is -0.111. The summed E-state index contributed by atoms with van der Waals surface area (Å²) in [6, 6.07) is 11.3. The molecule has 4 rings (SSSR count). The van der Waals surface area contributed by atoms with Crippen LogP contribution in [0.4, 0.5) is 17.1 Å². The lowest BCUT2D eigenvalue weighted by Gasteiger charge is -2.24. The van der Waals surface area contributed by atoms with Gasteiger partial charge in [-0.1, -0.05) is 24.3 Å². The molecule has 3 aromatic rings. The van der Waals surface area contributed by atoms with Crippen molar-refractivity contribution in [1.82, 2.24) is 10.3 Å². The van der Waals surface area contributed by atoms with Crippen LogP contribution in [0, 0.1) is 6.92 Å². The number of nitrogen functional groups attached to an aromatic ring is 1. The number of anilines is 3. The first-order valence-electron chi connectivity index (χ1n) is 9.39. The Labute approximate surface area is 168 Å². The fourth-order valence-corrected chi connectivity index (χ4v) is 3.79. The summed E-state index contributed by atoms with van der Waals surface area (Å²) in [7, 11) is 1.84. The number of benzene rings is 2. The molecule has 0 fully saturated rings. The second-order valence-corrected chi connectivity index (χ2v) is 7.08. The maximum absolute atomic E-state index is 11.8. The molecule has 0 atom stereocenters. The molecule has 0 amide bonds. The highest BCUT2D eigenvalue weighted by molar-refractivity contribution is 6.08. The largest absolute Gasteiger partial charge is 0.399 e. The van der Waals surface area contributed by atoms with Gasteiger partial charge in [-0.05, 0) is 36.2 Å². The van der Waals surface area contributed by atoms with Crippen LogP contribution < -0.4 is 16.4 Å². The number of nitrogens with two attached hydrogens (primary N) is 1. The van der Waals surface area contributed by atoms with Crippen LogP contribution >= 0.6 is 0 Å². The number of allylic oxidation sites excluding steroid dienone is 2. The molecule has 1 aromatic heterocycles. The zero-order valence-corrected chi connectivity index (χ0v) is 16.3. The van der Waals surface area contributed by atoms with Crippen LogP contribution in [-0.4, -0.2) is 23.1 Å². The molecule has 2 aromatic carbocycles. The first kappa shape index (κ1) is 18.7. The van der Waals surface area contributed by atoms with E-state index in [1.165, 1.54) is 0 Å². The molecule has 6 nitrogen and oxygen atoms in total. The normalized spacial score (nSPS) is 12.9. The number of nitrogens with zero attached hydrogens (tertiary/aromatic N) is 1. The zero-order chi connectivity index (χ0) is 20.5. The number of aliphatic hydroxyl groups is 1. The Hall–Kier alpha value is -3.60. The van der Waals surface area contributed by atoms with Crippen molar-refractivity contribution in [3.05, 3.63) is 64.9 Å². The molecule has 1 heterocycles. The van der Waals surface area contributed by atoms with E-state index in [1.807, 2.05) is 44.3 Å². The molecule has 5 N–H and O–H groups in total. The Morgan fingerprint density at radius 1 is 1.28 bits per heavy atom. The number of hydrogen-bond acceptors (Lipinski definition) is 6. The number of hydrogen-bond donors (Lipinski definition) is 4. The average molecular weight is 386 g/mol. The Morgan fingerprint density at radius 3 is 2.83 bits per heavy atom. The standard InChI is InChI=1S/C23H22N4O2/c1-13-4-3-5-18-21(13)27-23-19(25-2)7-6-15(12-29)20(23)22(18)26-17-9-14(11-28)8-16(24)10-17/h3-5,7-10,25,28H,6,11,24H2,1-2H3,(H,26,27). The highest BCUT2D eigenvalue weighted by atomic mass is 16.3. The monoisotopic (exact) mass is 386 g/mol. The Morgan fingerprint density at radius 2 is 2.10 bits per heavy atom. The third kappa shape index (κ3) is 3.25. The lowest BCUT2D eigenvalue weighted by Crippen LogP contribution is -2.15. The van der Waals surface area contributed by atoms with Crippen LogP contribution in [0.15, 0.2) is 42.5 Å². The van der Waals surface area contributed by atoms with E-state index in [2.05, 4.69) is 16.6 Å². The molecule has 0 bridgehead atoms. The summed E-state index contributed by atoms with van der Waals surface area (Å²) >= 11 is 0. The zero-order valence-electron chi connectivity index (χ0n) is 16.3. The molecule has 0 unspecified atom stereocenters. The topological polar surface area (TPSA) is 100 Å². The second-order valence-electron chi connectivity index (χ2n) is 7.08. The van der Waals surface area contributed by atoms with Crippen molar-refractivity contribution in [3.63, 3.8) is 0 Å². The van der Waals surface area contributed by atoms with E-state index in [0.717, 1.165) is 39.1 Å². The van der Waals surface area contributed by atoms with Gasteiger partial charge in [0.15, 0.2) is 0 Å². The summed E-state index contributed by atoms with van der Waals surface area (Å²) in [5.41, 5.74) is 13.5. The smallest absolute Gasteiger partial charge is 0.129 e. The van der Waals surface area contributed by atoms with E-state index in [4.69, 9.17) is 10.7 Å². The summed E-state index contributed by atoms with van der Waals surface area (Å²) in [5.74, 6) is 2.09. The SMILES string of the molecule is CNC1=CCC(=C=O)c2c1nc1c(C)cccc1c2Nc1cc(N)cc(CO)c1. The van der Waals surface area contributed by atoms with Crippen LogP contribution in [-0.2, 0) is 11.4 Å². The predicted molar refractivity (Wildman–Crippen MR) is 117 cm³/mol. The van der Waals surface area contributed by atoms with Crippen LogP contribution in [0.2, 0.25) is 0 Å². The van der Waals surface area contributed by atoms with Crippen molar-refractivity contribution in [2.75, 3.05) is 18.1 Å². The number of fused-ring (bicyclic) bond motifs is 2. The van der Waals surface area contributed by atoms with Gasteiger partial charge >= 0.3 is 0 Å². The van der Waals surface area contributed by atoms with Gasteiger partial charge in [-0.15, -0.1) is 0 Å². The van der Waals surface area contributed by atoms with Gasteiger partial charge in [-0.3, -0.25) is 0 Å². The lowest BCUT2D eigenvalue weighted by atomic mass is 9.90. The number of carbonyl (C=O) groups excluding carboxylic acids is 1. The molecule has 29 heavy (non-hydrogen) atoms. The van der Waals surface area contributed by atoms with Crippen molar-refractivity contribution in [2.24, 2.45) is 0 Å². The van der Waals surface area contributed by atoms with Crippen LogP contribution in [0.1, 0.15) is 28.8 Å². The van der Waals surface area contributed by atoms with Gasteiger partial charge in [0.1, 0.15) is 5.94 Å². The number of aryl methyl sites for hydroxylation is 1. The van der Waals surface area contributed by atoms with Crippen LogP contribution in [0.25, 0.3) is 22.2 Å².